The first-order valence-electron chi connectivity index (χ1n) is 7.33. The Morgan fingerprint density at radius 2 is 2.33 bits per heavy atom. The molecule has 0 bridgehead atoms. The van der Waals surface area contributed by atoms with Crippen molar-refractivity contribution in [2.45, 2.75) is 38.8 Å². The lowest BCUT2D eigenvalue weighted by atomic mass is 10.0. The molecule has 1 unspecified atom stereocenters. The van der Waals surface area contributed by atoms with Crippen LogP contribution in [0, 0.1) is 0 Å². The number of hydrogen-bond acceptors (Lipinski definition) is 3. The molecule has 0 radical (unpaired) electrons. The van der Waals surface area contributed by atoms with E-state index < -0.39 is 6.10 Å². The Morgan fingerprint density at radius 3 is 3.14 bits per heavy atom. The van der Waals surface area contributed by atoms with Crippen LogP contribution in [0.3, 0.4) is 0 Å². The summed E-state index contributed by atoms with van der Waals surface area (Å²) in [5.41, 5.74) is 2.93. The van der Waals surface area contributed by atoms with E-state index in [1.54, 1.807) is 6.20 Å². The molecule has 1 aliphatic heterocycles. The van der Waals surface area contributed by atoms with Gasteiger partial charge in [0.05, 0.1) is 18.4 Å². The molecule has 2 heterocycles. The molecule has 0 spiro atoms. The van der Waals surface area contributed by atoms with Gasteiger partial charge in [0.2, 0.25) is 0 Å². The van der Waals surface area contributed by atoms with Crippen molar-refractivity contribution in [1.29, 1.82) is 0 Å². The zero-order valence-corrected chi connectivity index (χ0v) is 12.8. The van der Waals surface area contributed by atoms with Crippen LogP contribution >= 0.6 is 11.6 Å². The fraction of sp³-hybridized carbons (Fsp3) is 0.438. The molecule has 112 valence electrons. The number of aromatic nitrogens is 2. The maximum Gasteiger partial charge on any atom is 0.126 e. The van der Waals surface area contributed by atoms with E-state index in [9.17, 15) is 5.11 Å². The van der Waals surface area contributed by atoms with Crippen molar-refractivity contribution < 1.29 is 9.84 Å². The zero-order valence-electron chi connectivity index (χ0n) is 12.1. The molecule has 5 heteroatoms. The Bertz CT molecular complexity index is 639. The number of hydrogen-bond donors (Lipinski definition) is 1. The SMILES string of the molecule is CCCn1nccc1C(O)Cc1cc(Cl)cc2c1OCC2. The summed E-state index contributed by atoms with van der Waals surface area (Å²) in [6, 6.07) is 5.70. The molecular weight excluding hydrogens is 288 g/mol. The molecule has 21 heavy (non-hydrogen) atoms. The van der Waals surface area contributed by atoms with E-state index in [1.165, 1.54) is 0 Å². The van der Waals surface area contributed by atoms with E-state index in [0.717, 1.165) is 42.0 Å². The van der Waals surface area contributed by atoms with E-state index >= 15 is 0 Å². The first kappa shape index (κ1) is 14.4. The molecule has 0 saturated carbocycles. The van der Waals surface area contributed by atoms with Gasteiger partial charge in [0.15, 0.2) is 0 Å². The summed E-state index contributed by atoms with van der Waals surface area (Å²) in [5, 5.41) is 15.5. The lowest BCUT2D eigenvalue weighted by Gasteiger charge is -2.15. The van der Waals surface area contributed by atoms with Gasteiger partial charge in [-0.3, -0.25) is 4.68 Å². The molecule has 4 nitrogen and oxygen atoms in total. The summed E-state index contributed by atoms with van der Waals surface area (Å²) in [6.07, 6.45) is 3.47. The van der Waals surface area contributed by atoms with E-state index in [1.807, 2.05) is 22.9 Å². The molecule has 0 amide bonds. The van der Waals surface area contributed by atoms with E-state index in [-0.39, 0.29) is 0 Å². The third-order valence-electron chi connectivity index (χ3n) is 3.76. The summed E-state index contributed by atoms with van der Waals surface area (Å²) >= 11 is 6.16. The van der Waals surface area contributed by atoms with Crippen molar-refractivity contribution in [2.24, 2.45) is 0 Å². The van der Waals surface area contributed by atoms with Gasteiger partial charge in [-0.25, -0.2) is 0 Å². The third-order valence-corrected chi connectivity index (χ3v) is 3.98. The van der Waals surface area contributed by atoms with Crippen molar-refractivity contribution >= 4 is 11.6 Å². The number of aryl methyl sites for hydroxylation is 1. The van der Waals surface area contributed by atoms with Crippen LogP contribution in [0.1, 0.15) is 36.3 Å². The van der Waals surface area contributed by atoms with Crippen molar-refractivity contribution in [3.63, 3.8) is 0 Å². The van der Waals surface area contributed by atoms with Crippen LogP contribution in [-0.4, -0.2) is 21.5 Å². The summed E-state index contributed by atoms with van der Waals surface area (Å²) in [4.78, 5) is 0. The first-order valence-corrected chi connectivity index (χ1v) is 7.70. The molecule has 1 atom stereocenters. The summed E-state index contributed by atoms with van der Waals surface area (Å²) in [6.45, 7) is 3.59. The third kappa shape index (κ3) is 2.92. The standard InChI is InChI=1S/C16H19ClN2O2/c1-2-6-19-14(3-5-18-19)15(20)10-12-9-13(17)8-11-4-7-21-16(11)12/h3,5,8-9,15,20H,2,4,6-7,10H2,1H3. The Morgan fingerprint density at radius 1 is 1.48 bits per heavy atom. The second-order valence-corrected chi connectivity index (χ2v) is 5.79. The van der Waals surface area contributed by atoms with Gasteiger partial charge in [-0.1, -0.05) is 18.5 Å². The maximum atomic E-state index is 10.5. The minimum Gasteiger partial charge on any atom is -0.493 e. The summed E-state index contributed by atoms with van der Waals surface area (Å²) < 4.78 is 7.55. The highest BCUT2D eigenvalue weighted by Crippen LogP contribution is 2.35. The second kappa shape index (κ2) is 6.08. The number of benzene rings is 1. The number of aliphatic hydroxyl groups excluding tert-OH is 1. The minimum atomic E-state index is -0.606. The number of halogens is 1. The Labute approximate surface area is 129 Å². The van der Waals surface area contributed by atoms with Gasteiger partial charge in [-0.15, -0.1) is 0 Å². The van der Waals surface area contributed by atoms with E-state index in [2.05, 4.69) is 12.0 Å². The molecule has 1 aliphatic rings. The van der Waals surface area contributed by atoms with Crippen LogP contribution in [0.25, 0.3) is 0 Å². The van der Waals surface area contributed by atoms with Gasteiger partial charge in [-0.2, -0.15) is 5.10 Å². The summed E-state index contributed by atoms with van der Waals surface area (Å²) in [7, 11) is 0. The quantitative estimate of drug-likeness (QED) is 0.923. The zero-order chi connectivity index (χ0) is 14.8. The lowest BCUT2D eigenvalue weighted by Crippen LogP contribution is -2.11. The van der Waals surface area contributed by atoms with Crippen LogP contribution in [0.15, 0.2) is 24.4 Å². The molecule has 0 aliphatic carbocycles. The Kier molecular flexibility index (Phi) is 4.17. The smallest absolute Gasteiger partial charge is 0.126 e. The van der Waals surface area contributed by atoms with E-state index in [4.69, 9.17) is 16.3 Å². The van der Waals surface area contributed by atoms with Crippen molar-refractivity contribution in [3.8, 4) is 5.75 Å². The van der Waals surface area contributed by atoms with Crippen LogP contribution in [0.2, 0.25) is 5.02 Å². The van der Waals surface area contributed by atoms with Crippen LogP contribution in [0.5, 0.6) is 5.75 Å². The van der Waals surface area contributed by atoms with Gasteiger partial charge >= 0.3 is 0 Å². The number of rotatable bonds is 5. The average molecular weight is 307 g/mol. The van der Waals surface area contributed by atoms with Gasteiger partial charge in [0, 0.05) is 30.6 Å². The molecule has 1 aromatic carbocycles. The monoisotopic (exact) mass is 306 g/mol. The first-order chi connectivity index (χ1) is 10.2. The second-order valence-electron chi connectivity index (χ2n) is 5.35. The van der Waals surface area contributed by atoms with Gasteiger partial charge in [-0.05, 0) is 35.7 Å². The molecule has 3 rings (SSSR count). The normalized spacial score (nSPS) is 14.8. The van der Waals surface area contributed by atoms with Gasteiger partial charge < -0.3 is 9.84 Å². The number of aliphatic hydroxyl groups is 1. The van der Waals surface area contributed by atoms with Crippen molar-refractivity contribution in [3.05, 3.63) is 46.2 Å². The topological polar surface area (TPSA) is 47.3 Å². The van der Waals surface area contributed by atoms with E-state index in [0.29, 0.717) is 18.1 Å². The van der Waals surface area contributed by atoms with Crippen molar-refractivity contribution in [2.75, 3.05) is 6.61 Å². The Balaban J connectivity index is 1.85. The molecular formula is C16H19ClN2O2. The van der Waals surface area contributed by atoms with Crippen molar-refractivity contribution in [1.82, 2.24) is 9.78 Å². The lowest BCUT2D eigenvalue weighted by molar-refractivity contribution is 0.165. The molecule has 0 saturated heterocycles. The van der Waals surface area contributed by atoms with Crippen LogP contribution in [-0.2, 0) is 19.4 Å². The molecule has 2 aromatic rings. The molecule has 1 N–H and O–H groups in total. The highest BCUT2D eigenvalue weighted by Gasteiger charge is 2.21. The highest BCUT2D eigenvalue weighted by molar-refractivity contribution is 6.30. The maximum absolute atomic E-state index is 10.5. The number of ether oxygens (including phenoxy) is 1. The predicted molar refractivity (Wildman–Crippen MR) is 81.8 cm³/mol. The fourth-order valence-electron chi connectivity index (χ4n) is 2.84. The van der Waals surface area contributed by atoms with Gasteiger partial charge in [0.1, 0.15) is 5.75 Å². The number of nitrogens with zero attached hydrogens (tertiary/aromatic N) is 2. The van der Waals surface area contributed by atoms with Crippen LogP contribution < -0.4 is 4.74 Å². The largest absolute Gasteiger partial charge is 0.493 e. The minimum absolute atomic E-state index is 0.484. The predicted octanol–water partition coefficient (Wildman–Crippen LogP) is 3.16. The summed E-state index contributed by atoms with van der Waals surface area (Å²) in [5.74, 6) is 0.889. The van der Waals surface area contributed by atoms with Gasteiger partial charge in [0.25, 0.3) is 0 Å². The number of fused-ring (bicyclic) bond motifs is 1. The molecule has 0 fully saturated rings. The average Bonchev–Trinajstić information content (AvgIpc) is 3.07. The molecule has 1 aromatic heterocycles. The van der Waals surface area contributed by atoms with Crippen LogP contribution in [0.4, 0.5) is 0 Å². The fourth-order valence-corrected chi connectivity index (χ4v) is 3.10. The Hall–Kier alpha value is -1.52. The highest BCUT2D eigenvalue weighted by atomic mass is 35.5.